The van der Waals surface area contributed by atoms with Crippen LogP contribution < -0.4 is 10.2 Å². The number of para-hydroxylation sites is 1. The number of nitrogens with one attached hydrogen (secondary N) is 1. The molecule has 0 aliphatic carbocycles. The second-order valence-electron chi connectivity index (χ2n) is 6.58. The van der Waals surface area contributed by atoms with Crippen molar-refractivity contribution < 1.29 is 14.3 Å². The van der Waals surface area contributed by atoms with E-state index >= 15 is 0 Å². The Morgan fingerprint density at radius 3 is 2.50 bits per heavy atom. The summed E-state index contributed by atoms with van der Waals surface area (Å²) >= 11 is 0. The van der Waals surface area contributed by atoms with Gasteiger partial charge in [-0.1, -0.05) is 18.2 Å². The first-order valence-corrected chi connectivity index (χ1v) is 8.68. The van der Waals surface area contributed by atoms with Crippen molar-refractivity contribution in [3.8, 4) is 0 Å². The molecule has 0 aromatic heterocycles. The molecule has 1 unspecified atom stereocenters. The molecular formula is C18H27N3O3. The number of hydrogen-bond acceptors (Lipinski definition) is 4. The van der Waals surface area contributed by atoms with Gasteiger partial charge in [-0.05, 0) is 19.1 Å². The quantitative estimate of drug-likeness (QED) is 0.916. The molecule has 1 N–H and O–H groups in total. The molecule has 2 amide bonds. The normalized spacial score (nSPS) is 20.8. The van der Waals surface area contributed by atoms with Crippen LogP contribution in [0.1, 0.15) is 19.8 Å². The highest BCUT2D eigenvalue weighted by Crippen LogP contribution is 2.31. The minimum atomic E-state index is -0.433. The van der Waals surface area contributed by atoms with Gasteiger partial charge in [0, 0.05) is 51.3 Å². The average molecular weight is 333 g/mol. The van der Waals surface area contributed by atoms with E-state index in [2.05, 4.69) is 29.3 Å². The van der Waals surface area contributed by atoms with E-state index in [1.165, 1.54) is 0 Å². The number of likely N-dealkylation sites (tertiary alicyclic amines) is 1. The van der Waals surface area contributed by atoms with Gasteiger partial charge in [-0.25, -0.2) is 4.79 Å². The van der Waals surface area contributed by atoms with E-state index < -0.39 is 5.79 Å². The molecule has 0 saturated carbocycles. The summed E-state index contributed by atoms with van der Waals surface area (Å²) in [7, 11) is 2.05. The van der Waals surface area contributed by atoms with Gasteiger partial charge in [-0.3, -0.25) is 0 Å². The third-order valence-electron chi connectivity index (χ3n) is 5.00. The minimum Gasteiger partial charge on any atom is -0.370 e. The van der Waals surface area contributed by atoms with Crippen LogP contribution >= 0.6 is 0 Å². The molecule has 1 aromatic carbocycles. The van der Waals surface area contributed by atoms with Crippen molar-refractivity contribution in [2.24, 2.45) is 0 Å². The van der Waals surface area contributed by atoms with Crippen LogP contribution in [0.4, 0.5) is 10.5 Å². The fraction of sp³-hybridized carbons (Fsp3) is 0.611. The number of amides is 2. The lowest BCUT2D eigenvalue weighted by atomic mass is 10.0. The van der Waals surface area contributed by atoms with Crippen molar-refractivity contribution in [2.45, 2.75) is 31.6 Å². The number of carbonyl (C=O) groups excluding carboxylic acids is 1. The Morgan fingerprint density at radius 2 is 1.88 bits per heavy atom. The number of piperidine rings is 1. The zero-order valence-electron chi connectivity index (χ0n) is 14.5. The summed E-state index contributed by atoms with van der Waals surface area (Å²) in [5.74, 6) is -0.433. The third kappa shape index (κ3) is 3.82. The summed E-state index contributed by atoms with van der Waals surface area (Å²) in [6.07, 6.45) is 1.50. The van der Waals surface area contributed by atoms with E-state index in [1.807, 2.05) is 30.1 Å². The van der Waals surface area contributed by atoms with Gasteiger partial charge < -0.3 is 24.6 Å². The summed E-state index contributed by atoms with van der Waals surface area (Å²) in [4.78, 5) is 16.4. The standard InChI is InChI=1S/C18H27N3O3/c1-15(20(2)16-6-4-3-5-7-16)14-19-17(22)21-10-8-18(9-11-21)23-12-13-24-18/h3-7,15H,8-14H2,1-2H3,(H,19,22). The first kappa shape index (κ1) is 17.0. The zero-order valence-corrected chi connectivity index (χ0v) is 14.5. The van der Waals surface area contributed by atoms with Gasteiger partial charge in [-0.2, -0.15) is 0 Å². The lowest BCUT2D eigenvalue weighted by molar-refractivity contribution is -0.181. The number of benzene rings is 1. The average Bonchev–Trinajstić information content (AvgIpc) is 3.08. The van der Waals surface area contributed by atoms with Crippen molar-refractivity contribution in [3.63, 3.8) is 0 Å². The Bertz CT molecular complexity index is 536. The molecule has 2 heterocycles. The molecule has 1 aromatic rings. The topological polar surface area (TPSA) is 54.0 Å². The van der Waals surface area contributed by atoms with Gasteiger partial charge in [0.05, 0.1) is 13.2 Å². The predicted molar refractivity (Wildman–Crippen MR) is 93.1 cm³/mol. The Morgan fingerprint density at radius 1 is 1.25 bits per heavy atom. The first-order valence-electron chi connectivity index (χ1n) is 8.68. The van der Waals surface area contributed by atoms with Gasteiger partial charge in [0.25, 0.3) is 0 Å². The Kier molecular flexibility index (Phi) is 5.26. The van der Waals surface area contributed by atoms with Crippen molar-refractivity contribution in [1.29, 1.82) is 0 Å². The molecule has 1 atom stereocenters. The highest BCUT2D eigenvalue weighted by molar-refractivity contribution is 5.74. The zero-order chi connectivity index (χ0) is 17.0. The molecule has 2 aliphatic heterocycles. The number of nitrogens with zero attached hydrogens (tertiary/aromatic N) is 2. The van der Waals surface area contributed by atoms with E-state index in [9.17, 15) is 4.79 Å². The number of anilines is 1. The second kappa shape index (κ2) is 7.40. The molecule has 1 spiro atoms. The van der Waals surface area contributed by atoms with E-state index in [0.717, 1.165) is 18.5 Å². The first-order chi connectivity index (χ1) is 11.6. The van der Waals surface area contributed by atoms with Gasteiger partial charge in [0.2, 0.25) is 0 Å². The highest BCUT2D eigenvalue weighted by atomic mass is 16.7. The van der Waals surface area contributed by atoms with Gasteiger partial charge in [-0.15, -0.1) is 0 Å². The van der Waals surface area contributed by atoms with Gasteiger partial charge in [0.15, 0.2) is 5.79 Å². The lowest BCUT2D eigenvalue weighted by Gasteiger charge is -2.37. The molecule has 132 valence electrons. The highest BCUT2D eigenvalue weighted by Gasteiger charge is 2.40. The summed E-state index contributed by atoms with van der Waals surface area (Å²) < 4.78 is 11.4. The van der Waals surface area contributed by atoms with E-state index in [4.69, 9.17) is 9.47 Å². The predicted octanol–water partition coefficient (Wildman–Crippen LogP) is 2.06. The number of carbonyl (C=O) groups is 1. The molecule has 24 heavy (non-hydrogen) atoms. The second-order valence-corrected chi connectivity index (χ2v) is 6.58. The van der Waals surface area contributed by atoms with Gasteiger partial charge in [0.1, 0.15) is 0 Å². The van der Waals surface area contributed by atoms with Crippen LogP contribution in [0.25, 0.3) is 0 Å². The van der Waals surface area contributed by atoms with Crippen LogP contribution in [0.2, 0.25) is 0 Å². The maximum Gasteiger partial charge on any atom is 0.317 e. The molecule has 2 saturated heterocycles. The Balaban J connectivity index is 1.44. The van der Waals surface area contributed by atoms with Crippen LogP contribution in [0, 0.1) is 0 Å². The molecular weight excluding hydrogens is 306 g/mol. The summed E-state index contributed by atoms with van der Waals surface area (Å²) in [5, 5.41) is 3.05. The smallest absolute Gasteiger partial charge is 0.317 e. The maximum atomic E-state index is 12.4. The Labute approximate surface area is 143 Å². The molecule has 0 radical (unpaired) electrons. The van der Waals surface area contributed by atoms with Crippen molar-refractivity contribution in [3.05, 3.63) is 30.3 Å². The lowest BCUT2D eigenvalue weighted by Crippen LogP contribution is -2.52. The molecule has 2 aliphatic rings. The van der Waals surface area contributed by atoms with Gasteiger partial charge >= 0.3 is 6.03 Å². The number of hydrogen-bond donors (Lipinski definition) is 1. The fourth-order valence-corrected chi connectivity index (χ4v) is 3.24. The summed E-state index contributed by atoms with van der Waals surface area (Å²) in [6.45, 7) is 5.39. The number of ether oxygens (including phenoxy) is 2. The number of rotatable bonds is 4. The fourth-order valence-electron chi connectivity index (χ4n) is 3.24. The van der Waals surface area contributed by atoms with E-state index in [0.29, 0.717) is 32.8 Å². The van der Waals surface area contributed by atoms with E-state index in [1.54, 1.807) is 0 Å². The summed E-state index contributed by atoms with van der Waals surface area (Å²) in [5.41, 5.74) is 1.15. The molecule has 2 fully saturated rings. The monoisotopic (exact) mass is 333 g/mol. The van der Waals surface area contributed by atoms with E-state index in [-0.39, 0.29) is 12.1 Å². The van der Waals surface area contributed by atoms with Crippen LogP contribution in [-0.4, -0.2) is 62.7 Å². The van der Waals surface area contributed by atoms with Crippen molar-refractivity contribution in [2.75, 3.05) is 44.8 Å². The molecule has 6 heteroatoms. The van der Waals surface area contributed by atoms with Crippen LogP contribution in [0.3, 0.4) is 0 Å². The van der Waals surface area contributed by atoms with Crippen LogP contribution in [-0.2, 0) is 9.47 Å². The van der Waals surface area contributed by atoms with Crippen LogP contribution in [0.5, 0.6) is 0 Å². The largest absolute Gasteiger partial charge is 0.370 e. The SMILES string of the molecule is CC(CNC(=O)N1CCC2(CC1)OCCO2)N(C)c1ccccc1. The van der Waals surface area contributed by atoms with Crippen molar-refractivity contribution >= 4 is 11.7 Å². The Hall–Kier alpha value is -1.79. The minimum absolute atomic E-state index is 0.00356. The van der Waals surface area contributed by atoms with Crippen molar-refractivity contribution in [1.82, 2.24) is 10.2 Å². The molecule has 0 bridgehead atoms. The number of likely N-dealkylation sites (N-methyl/N-ethyl adjacent to an activating group) is 1. The van der Waals surface area contributed by atoms with Crippen LogP contribution in [0.15, 0.2) is 30.3 Å². The molecule has 3 rings (SSSR count). The summed E-state index contributed by atoms with van der Waals surface area (Å²) in [6, 6.07) is 10.4. The number of urea groups is 1. The maximum absolute atomic E-state index is 12.4. The molecule has 6 nitrogen and oxygen atoms in total. The third-order valence-corrected chi connectivity index (χ3v) is 5.00.